The zero-order chi connectivity index (χ0) is 14.4. The van der Waals surface area contributed by atoms with E-state index in [0.29, 0.717) is 29.5 Å². The molecule has 1 N–H and O–H groups in total. The number of halogens is 1. The van der Waals surface area contributed by atoms with Crippen molar-refractivity contribution < 1.29 is 14.6 Å². The first kappa shape index (κ1) is 14.7. The summed E-state index contributed by atoms with van der Waals surface area (Å²) < 4.78 is 11.4. The normalized spacial score (nSPS) is 11.9. The lowest BCUT2D eigenvalue weighted by molar-refractivity contribution is 0.154. The minimum absolute atomic E-state index is 0.388. The third-order valence-electron chi connectivity index (χ3n) is 2.67. The maximum Gasteiger partial charge on any atom is 0.170 e. The highest BCUT2D eigenvalue weighted by Crippen LogP contribution is 2.34. The Morgan fingerprint density at radius 1 is 1.10 bits per heavy atom. The van der Waals surface area contributed by atoms with Crippen LogP contribution in [-0.4, -0.2) is 17.8 Å². The van der Waals surface area contributed by atoms with Crippen LogP contribution in [0.3, 0.4) is 0 Å². The molecule has 20 heavy (non-hydrogen) atoms. The predicted molar refractivity (Wildman–Crippen MR) is 79.8 cm³/mol. The van der Waals surface area contributed by atoms with Crippen LogP contribution in [0, 0.1) is 0 Å². The van der Waals surface area contributed by atoms with Crippen molar-refractivity contribution in [3.63, 3.8) is 0 Å². The van der Waals surface area contributed by atoms with Gasteiger partial charge in [0.1, 0.15) is 5.75 Å². The monoisotopic (exact) mass is 292 g/mol. The lowest BCUT2D eigenvalue weighted by atomic mass is 10.3. The average molecular weight is 293 g/mol. The molecular formula is C16H17ClO3. The summed E-state index contributed by atoms with van der Waals surface area (Å²) in [6, 6.07) is 14.7. The molecule has 2 aromatic rings. The summed E-state index contributed by atoms with van der Waals surface area (Å²) >= 11 is 5.99. The summed E-state index contributed by atoms with van der Waals surface area (Å²) in [6.45, 7) is 2.15. The Morgan fingerprint density at radius 2 is 1.85 bits per heavy atom. The Hall–Kier alpha value is -1.71. The van der Waals surface area contributed by atoms with Gasteiger partial charge in [0.05, 0.1) is 12.7 Å². The molecule has 0 unspecified atom stereocenters. The van der Waals surface area contributed by atoms with E-state index in [-0.39, 0.29) is 6.10 Å². The molecule has 106 valence electrons. The number of aliphatic hydroxyl groups is 1. The molecule has 4 heteroatoms. The molecule has 0 radical (unpaired) electrons. The van der Waals surface area contributed by atoms with E-state index in [9.17, 15) is 5.11 Å². The minimum Gasteiger partial charge on any atom is -0.490 e. The standard InChI is InChI=1S/C16H17ClO3/c1-12(18)9-10-19-15-8-7-13(17)11-16(15)20-14-5-3-2-4-6-14/h2-8,11-12,18H,9-10H2,1H3/t12-/m1/s1. The van der Waals surface area contributed by atoms with Gasteiger partial charge in [-0.15, -0.1) is 0 Å². The van der Waals surface area contributed by atoms with Crippen LogP contribution in [0.2, 0.25) is 5.02 Å². The van der Waals surface area contributed by atoms with Crippen LogP contribution < -0.4 is 9.47 Å². The molecule has 0 aliphatic carbocycles. The fraction of sp³-hybridized carbons (Fsp3) is 0.250. The van der Waals surface area contributed by atoms with Crippen LogP contribution in [0.15, 0.2) is 48.5 Å². The second-order valence-electron chi connectivity index (χ2n) is 4.49. The second-order valence-corrected chi connectivity index (χ2v) is 4.93. The minimum atomic E-state index is -0.388. The van der Waals surface area contributed by atoms with Gasteiger partial charge in [-0.3, -0.25) is 0 Å². The summed E-state index contributed by atoms with van der Waals surface area (Å²) in [7, 11) is 0. The maximum absolute atomic E-state index is 9.25. The Bertz CT molecular complexity index is 541. The first-order valence-electron chi connectivity index (χ1n) is 6.48. The van der Waals surface area contributed by atoms with E-state index in [1.54, 1.807) is 25.1 Å². The van der Waals surface area contributed by atoms with Gasteiger partial charge >= 0.3 is 0 Å². The van der Waals surface area contributed by atoms with E-state index in [4.69, 9.17) is 21.1 Å². The smallest absolute Gasteiger partial charge is 0.170 e. The molecular weight excluding hydrogens is 276 g/mol. The summed E-state index contributed by atoms with van der Waals surface area (Å²) in [5.41, 5.74) is 0. The number of para-hydroxylation sites is 1. The molecule has 0 heterocycles. The van der Waals surface area contributed by atoms with Crippen molar-refractivity contribution in [2.45, 2.75) is 19.4 Å². The van der Waals surface area contributed by atoms with E-state index >= 15 is 0 Å². The molecule has 1 atom stereocenters. The van der Waals surface area contributed by atoms with E-state index in [1.807, 2.05) is 30.3 Å². The van der Waals surface area contributed by atoms with Crippen LogP contribution in [0.25, 0.3) is 0 Å². The molecule has 0 saturated heterocycles. The highest BCUT2D eigenvalue weighted by atomic mass is 35.5. The number of rotatable bonds is 6. The van der Waals surface area contributed by atoms with E-state index in [0.717, 1.165) is 5.75 Å². The van der Waals surface area contributed by atoms with Gasteiger partial charge in [-0.2, -0.15) is 0 Å². The van der Waals surface area contributed by atoms with E-state index in [2.05, 4.69) is 0 Å². The Morgan fingerprint density at radius 3 is 2.55 bits per heavy atom. The summed E-state index contributed by atoms with van der Waals surface area (Å²) in [5, 5.41) is 9.83. The Labute approximate surface area is 123 Å². The van der Waals surface area contributed by atoms with Crippen molar-refractivity contribution in [1.29, 1.82) is 0 Å². The van der Waals surface area contributed by atoms with Gasteiger partial charge < -0.3 is 14.6 Å². The van der Waals surface area contributed by atoms with Crippen LogP contribution in [-0.2, 0) is 0 Å². The van der Waals surface area contributed by atoms with Gasteiger partial charge in [-0.25, -0.2) is 0 Å². The zero-order valence-corrected chi connectivity index (χ0v) is 12.0. The van der Waals surface area contributed by atoms with E-state index in [1.165, 1.54) is 0 Å². The van der Waals surface area contributed by atoms with Crippen LogP contribution in [0.4, 0.5) is 0 Å². The molecule has 0 bridgehead atoms. The van der Waals surface area contributed by atoms with Gasteiger partial charge in [0.25, 0.3) is 0 Å². The average Bonchev–Trinajstić information content (AvgIpc) is 2.42. The van der Waals surface area contributed by atoms with Crippen molar-refractivity contribution in [3.8, 4) is 17.2 Å². The van der Waals surface area contributed by atoms with Crippen molar-refractivity contribution in [2.24, 2.45) is 0 Å². The number of hydrogen-bond acceptors (Lipinski definition) is 3. The molecule has 0 amide bonds. The zero-order valence-electron chi connectivity index (χ0n) is 11.3. The molecule has 0 aliphatic rings. The molecule has 0 fully saturated rings. The Kier molecular flexibility index (Phi) is 5.27. The first-order valence-corrected chi connectivity index (χ1v) is 6.86. The number of hydrogen-bond donors (Lipinski definition) is 1. The third-order valence-corrected chi connectivity index (χ3v) is 2.91. The van der Waals surface area contributed by atoms with Gasteiger partial charge in [-0.05, 0) is 31.2 Å². The SMILES string of the molecule is C[C@@H](O)CCOc1ccc(Cl)cc1Oc1ccccc1. The maximum atomic E-state index is 9.25. The highest BCUT2D eigenvalue weighted by Gasteiger charge is 2.08. The van der Waals surface area contributed by atoms with Crippen molar-refractivity contribution in [3.05, 3.63) is 53.6 Å². The largest absolute Gasteiger partial charge is 0.490 e. The van der Waals surface area contributed by atoms with Crippen LogP contribution >= 0.6 is 11.6 Å². The topological polar surface area (TPSA) is 38.7 Å². The van der Waals surface area contributed by atoms with Crippen molar-refractivity contribution in [2.75, 3.05) is 6.61 Å². The molecule has 2 aromatic carbocycles. The van der Waals surface area contributed by atoms with Crippen LogP contribution in [0.1, 0.15) is 13.3 Å². The molecule has 0 saturated carbocycles. The van der Waals surface area contributed by atoms with Crippen LogP contribution in [0.5, 0.6) is 17.2 Å². The molecule has 3 nitrogen and oxygen atoms in total. The van der Waals surface area contributed by atoms with Gasteiger partial charge in [0.2, 0.25) is 0 Å². The molecule has 0 aromatic heterocycles. The summed E-state index contributed by atoms with van der Waals surface area (Å²) in [6.07, 6.45) is 0.175. The molecule has 2 rings (SSSR count). The fourth-order valence-corrected chi connectivity index (χ4v) is 1.80. The van der Waals surface area contributed by atoms with Gasteiger partial charge in [0, 0.05) is 17.5 Å². The Balaban J connectivity index is 2.11. The quantitative estimate of drug-likeness (QED) is 0.863. The molecule has 0 aliphatic heterocycles. The van der Waals surface area contributed by atoms with Gasteiger partial charge in [-0.1, -0.05) is 29.8 Å². The van der Waals surface area contributed by atoms with E-state index < -0.39 is 0 Å². The summed E-state index contributed by atoms with van der Waals surface area (Å²) in [4.78, 5) is 0. The lowest BCUT2D eigenvalue weighted by Gasteiger charge is -2.13. The number of ether oxygens (including phenoxy) is 2. The number of aliphatic hydroxyl groups excluding tert-OH is 1. The lowest BCUT2D eigenvalue weighted by Crippen LogP contribution is -2.07. The first-order chi connectivity index (χ1) is 9.65. The third kappa shape index (κ3) is 4.44. The van der Waals surface area contributed by atoms with Gasteiger partial charge in [0.15, 0.2) is 11.5 Å². The predicted octanol–water partition coefficient (Wildman–Crippen LogP) is 4.28. The highest BCUT2D eigenvalue weighted by molar-refractivity contribution is 6.30. The molecule has 0 spiro atoms. The summed E-state index contributed by atoms with van der Waals surface area (Å²) in [5.74, 6) is 1.89. The number of benzene rings is 2. The van der Waals surface area contributed by atoms with Crippen molar-refractivity contribution >= 4 is 11.6 Å². The van der Waals surface area contributed by atoms with Crippen molar-refractivity contribution in [1.82, 2.24) is 0 Å². The fourth-order valence-electron chi connectivity index (χ4n) is 1.64. The second kappa shape index (κ2) is 7.17.